The van der Waals surface area contributed by atoms with Crippen molar-refractivity contribution in [1.29, 1.82) is 0 Å². The molecule has 0 bridgehead atoms. The van der Waals surface area contributed by atoms with Crippen molar-refractivity contribution in [3.63, 3.8) is 0 Å². The van der Waals surface area contributed by atoms with Gasteiger partial charge in [0.25, 0.3) is 0 Å². The number of hydrogen-bond donors (Lipinski definition) is 0. The average molecular weight is 390 g/mol. The molecule has 7 nitrogen and oxygen atoms in total. The highest BCUT2D eigenvalue weighted by molar-refractivity contribution is 6.15. The van der Waals surface area contributed by atoms with E-state index in [0.717, 1.165) is 5.56 Å². The summed E-state index contributed by atoms with van der Waals surface area (Å²) < 4.78 is 25.4. The first-order chi connectivity index (χ1) is 14.2. The number of nitrogens with zero attached hydrogens (tertiary/aromatic N) is 4. The van der Waals surface area contributed by atoms with Crippen molar-refractivity contribution in [3.05, 3.63) is 90.1 Å². The molecular formula is C21H15FN4O3. The SMILES string of the molecule is O=C(OCc1cccc(F)c1)/C(=C/c1ccco1)n1nnnc1-c1ccccc1. The van der Waals surface area contributed by atoms with Crippen LogP contribution in [0.4, 0.5) is 4.39 Å². The Kier molecular flexibility index (Phi) is 5.24. The molecule has 0 aliphatic rings. The minimum Gasteiger partial charge on any atom is -0.465 e. The van der Waals surface area contributed by atoms with Gasteiger partial charge in [0.1, 0.15) is 18.2 Å². The van der Waals surface area contributed by atoms with Crippen LogP contribution in [0, 0.1) is 5.82 Å². The quantitative estimate of drug-likeness (QED) is 0.368. The summed E-state index contributed by atoms with van der Waals surface area (Å²) in [4.78, 5) is 12.9. The van der Waals surface area contributed by atoms with Crippen LogP contribution < -0.4 is 0 Å². The van der Waals surface area contributed by atoms with Crippen LogP contribution in [0.1, 0.15) is 11.3 Å². The first kappa shape index (κ1) is 18.3. The molecule has 0 aliphatic heterocycles. The fourth-order valence-corrected chi connectivity index (χ4v) is 2.68. The summed E-state index contributed by atoms with van der Waals surface area (Å²) in [6.07, 6.45) is 2.97. The molecule has 0 aliphatic carbocycles. The lowest BCUT2D eigenvalue weighted by molar-refractivity contribution is -0.138. The maximum absolute atomic E-state index is 13.4. The number of tetrazole rings is 1. The largest absolute Gasteiger partial charge is 0.465 e. The molecule has 0 saturated carbocycles. The van der Waals surface area contributed by atoms with Crippen molar-refractivity contribution in [2.24, 2.45) is 0 Å². The molecule has 0 atom stereocenters. The molecule has 0 unspecified atom stereocenters. The van der Waals surface area contributed by atoms with E-state index in [0.29, 0.717) is 17.1 Å². The van der Waals surface area contributed by atoms with Crippen LogP contribution in [0.25, 0.3) is 23.2 Å². The van der Waals surface area contributed by atoms with Crippen molar-refractivity contribution in [1.82, 2.24) is 20.2 Å². The van der Waals surface area contributed by atoms with E-state index < -0.39 is 11.8 Å². The number of ether oxygens (including phenoxy) is 1. The van der Waals surface area contributed by atoms with E-state index in [1.165, 1.54) is 29.2 Å². The second-order valence-electron chi connectivity index (χ2n) is 6.03. The van der Waals surface area contributed by atoms with Crippen molar-refractivity contribution < 1.29 is 18.3 Å². The second kappa shape index (κ2) is 8.30. The maximum Gasteiger partial charge on any atom is 0.357 e. The number of hydrogen-bond acceptors (Lipinski definition) is 6. The molecule has 0 amide bonds. The van der Waals surface area contributed by atoms with Gasteiger partial charge in [0.2, 0.25) is 0 Å². The highest BCUT2D eigenvalue weighted by Gasteiger charge is 2.21. The first-order valence-electron chi connectivity index (χ1n) is 8.71. The molecular weight excluding hydrogens is 375 g/mol. The molecule has 0 saturated heterocycles. The number of benzene rings is 2. The number of carbonyl (C=O) groups excluding carboxylic acids is 1. The Bertz CT molecular complexity index is 1140. The summed E-state index contributed by atoms with van der Waals surface area (Å²) >= 11 is 0. The number of aromatic nitrogens is 4. The van der Waals surface area contributed by atoms with Gasteiger partial charge in [-0.15, -0.1) is 5.10 Å². The monoisotopic (exact) mass is 390 g/mol. The predicted octanol–water partition coefficient (Wildman–Crippen LogP) is 3.81. The van der Waals surface area contributed by atoms with Gasteiger partial charge in [0, 0.05) is 11.6 Å². The van der Waals surface area contributed by atoms with Crippen LogP contribution >= 0.6 is 0 Å². The van der Waals surface area contributed by atoms with Crippen molar-refractivity contribution >= 4 is 17.7 Å². The van der Waals surface area contributed by atoms with E-state index in [-0.39, 0.29) is 12.3 Å². The van der Waals surface area contributed by atoms with E-state index >= 15 is 0 Å². The summed E-state index contributed by atoms with van der Waals surface area (Å²) in [6.45, 7) is -0.102. The van der Waals surface area contributed by atoms with Gasteiger partial charge in [0.05, 0.1) is 6.26 Å². The standard InChI is InChI=1S/C21H15FN4O3/c22-17-9-4-6-15(12-17)14-29-21(27)19(13-18-10-5-11-28-18)26-20(23-24-25-26)16-7-2-1-3-8-16/h1-13H,14H2/b19-13-. The van der Waals surface area contributed by atoms with Gasteiger partial charge in [-0.3, -0.25) is 0 Å². The fraction of sp³-hybridized carbons (Fsp3) is 0.0476. The Balaban J connectivity index is 1.67. The van der Waals surface area contributed by atoms with Crippen LogP contribution in [0.3, 0.4) is 0 Å². The zero-order valence-corrected chi connectivity index (χ0v) is 15.1. The number of furan rings is 1. The van der Waals surface area contributed by atoms with Gasteiger partial charge in [0.15, 0.2) is 11.5 Å². The highest BCUT2D eigenvalue weighted by Crippen LogP contribution is 2.21. The molecule has 2 aromatic carbocycles. The van der Waals surface area contributed by atoms with Gasteiger partial charge in [-0.1, -0.05) is 42.5 Å². The van der Waals surface area contributed by atoms with Crippen LogP contribution in [0.5, 0.6) is 0 Å². The highest BCUT2D eigenvalue weighted by atomic mass is 19.1. The number of carbonyl (C=O) groups is 1. The van der Waals surface area contributed by atoms with E-state index in [9.17, 15) is 9.18 Å². The van der Waals surface area contributed by atoms with Crippen LogP contribution in [0.2, 0.25) is 0 Å². The zero-order valence-electron chi connectivity index (χ0n) is 15.1. The Morgan fingerprint density at radius 3 is 2.72 bits per heavy atom. The Morgan fingerprint density at radius 2 is 1.97 bits per heavy atom. The zero-order chi connectivity index (χ0) is 20.1. The third-order valence-electron chi connectivity index (χ3n) is 4.02. The van der Waals surface area contributed by atoms with E-state index in [1.807, 2.05) is 30.3 Å². The minimum absolute atomic E-state index is 0.0557. The first-order valence-corrected chi connectivity index (χ1v) is 8.71. The molecule has 0 spiro atoms. The molecule has 4 rings (SSSR count). The lowest BCUT2D eigenvalue weighted by atomic mass is 10.2. The lowest BCUT2D eigenvalue weighted by Gasteiger charge is -2.10. The molecule has 2 heterocycles. The van der Waals surface area contributed by atoms with Gasteiger partial charge in [-0.05, 0) is 40.3 Å². The predicted molar refractivity (Wildman–Crippen MR) is 102 cm³/mol. The number of halogens is 1. The smallest absolute Gasteiger partial charge is 0.357 e. The molecule has 0 radical (unpaired) electrons. The van der Waals surface area contributed by atoms with E-state index in [1.54, 1.807) is 24.3 Å². The molecule has 144 valence electrons. The van der Waals surface area contributed by atoms with E-state index in [2.05, 4.69) is 15.5 Å². The summed E-state index contributed by atoms with van der Waals surface area (Å²) in [6, 6.07) is 18.4. The average Bonchev–Trinajstić information content (AvgIpc) is 3.43. The third kappa shape index (κ3) is 4.27. The Hall–Kier alpha value is -4.07. The molecule has 8 heteroatoms. The topological polar surface area (TPSA) is 83.0 Å². The number of esters is 1. The number of rotatable bonds is 6. The van der Waals surface area contributed by atoms with E-state index in [4.69, 9.17) is 9.15 Å². The normalized spacial score (nSPS) is 11.4. The van der Waals surface area contributed by atoms with Gasteiger partial charge in [-0.2, -0.15) is 4.68 Å². The summed E-state index contributed by atoms with van der Waals surface area (Å²) in [5, 5.41) is 11.7. The summed E-state index contributed by atoms with van der Waals surface area (Å²) in [5.74, 6) is -0.296. The minimum atomic E-state index is -0.685. The molecule has 29 heavy (non-hydrogen) atoms. The lowest BCUT2D eigenvalue weighted by Crippen LogP contribution is -2.15. The van der Waals surface area contributed by atoms with Gasteiger partial charge < -0.3 is 9.15 Å². The second-order valence-corrected chi connectivity index (χ2v) is 6.03. The van der Waals surface area contributed by atoms with Crippen LogP contribution in [-0.4, -0.2) is 26.2 Å². The van der Waals surface area contributed by atoms with Gasteiger partial charge in [-0.25, -0.2) is 9.18 Å². The molecule has 0 N–H and O–H groups in total. The van der Waals surface area contributed by atoms with Gasteiger partial charge >= 0.3 is 5.97 Å². The summed E-state index contributed by atoms with van der Waals surface area (Å²) in [7, 11) is 0. The van der Waals surface area contributed by atoms with Crippen molar-refractivity contribution in [2.45, 2.75) is 6.61 Å². The molecule has 4 aromatic rings. The van der Waals surface area contributed by atoms with Crippen molar-refractivity contribution in [3.8, 4) is 11.4 Å². The third-order valence-corrected chi connectivity index (χ3v) is 4.02. The molecule has 2 aromatic heterocycles. The maximum atomic E-state index is 13.4. The van der Waals surface area contributed by atoms with Crippen LogP contribution in [0.15, 0.2) is 77.4 Å². The Labute approximate surface area is 165 Å². The Morgan fingerprint density at radius 1 is 1.10 bits per heavy atom. The summed E-state index contributed by atoms with van der Waals surface area (Å²) in [5.41, 5.74) is 1.30. The fourth-order valence-electron chi connectivity index (χ4n) is 2.68. The van der Waals surface area contributed by atoms with Crippen LogP contribution in [-0.2, 0) is 16.1 Å². The van der Waals surface area contributed by atoms with Crippen molar-refractivity contribution in [2.75, 3.05) is 0 Å². The molecule has 0 fully saturated rings.